The summed E-state index contributed by atoms with van der Waals surface area (Å²) in [5, 5.41) is 13.5. The highest BCUT2D eigenvalue weighted by molar-refractivity contribution is 5.39. The van der Waals surface area contributed by atoms with E-state index in [1.807, 2.05) is 18.2 Å². The van der Waals surface area contributed by atoms with Crippen LogP contribution >= 0.6 is 0 Å². The summed E-state index contributed by atoms with van der Waals surface area (Å²) in [6, 6.07) is 11.8. The van der Waals surface area contributed by atoms with Gasteiger partial charge in [-0.2, -0.15) is 0 Å². The molecule has 1 aliphatic rings. The lowest BCUT2D eigenvalue weighted by molar-refractivity contribution is 0.457. The van der Waals surface area contributed by atoms with Gasteiger partial charge >= 0.3 is 0 Å². The minimum Gasteiger partial charge on any atom is -0.508 e. The summed E-state index contributed by atoms with van der Waals surface area (Å²) in [7, 11) is 0. The molecule has 1 aliphatic heterocycles. The van der Waals surface area contributed by atoms with Crippen LogP contribution in [0, 0.1) is 0 Å². The van der Waals surface area contributed by atoms with Crippen LogP contribution < -0.4 is 5.32 Å². The molecule has 3 rings (SSSR count). The van der Waals surface area contributed by atoms with Crippen molar-refractivity contribution in [1.82, 2.24) is 9.88 Å². The van der Waals surface area contributed by atoms with E-state index in [1.165, 1.54) is 5.69 Å². The van der Waals surface area contributed by atoms with Gasteiger partial charge in [-0.15, -0.1) is 0 Å². The molecule has 1 atom stereocenters. The maximum absolute atomic E-state index is 9.97. The highest BCUT2D eigenvalue weighted by Crippen LogP contribution is 2.30. The van der Waals surface area contributed by atoms with Gasteiger partial charge in [0.1, 0.15) is 5.75 Å². The second-order valence-corrected chi connectivity index (χ2v) is 4.43. The molecule has 0 spiro atoms. The number of aryl methyl sites for hydroxylation is 1. The summed E-state index contributed by atoms with van der Waals surface area (Å²) in [6.45, 7) is 2.01. The van der Waals surface area contributed by atoms with E-state index in [0.717, 1.165) is 25.1 Å². The Morgan fingerprint density at radius 2 is 2.06 bits per heavy atom. The zero-order valence-corrected chi connectivity index (χ0v) is 9.63. The highest BCUT2D eigenvalue weighted by atomic mass is 16.3. The fourth-order valence-electron chi connectivity index (χ4n) is 2.49. The summed E-state index contributed by atoms with van der Waals surface area (Å²) >= 11 is 0. The fraction of sp³-hybridized carbons (Fsp3) is 0.286. The van der Waals surface area contributed by atoms with Crippen LogP contribution in [0.5, 0.6) is 5.75 Å². The molecule has 3 heteroatoms. The number of aromatic nitrogens is 1. The molecule has 0 fully saturated rings. The van der Waals surface area contributed by atoms with E-state index in [9.17, 15) is 5.11 Å². The van der Waals surface area contributed by atoms with Gasteiger partial charge in [0.2, 0.25) is 0 Å². The Morgan fingerprint density at radius 1 is 1.18 bits per heavy atom. The van der Waals surface area contributed by atoms with Crippen LogP contribution in [0.1, 0.15) is 23.7 Å². The molecule has 88 valence electrons. The van der Waals surface area contributed by atoms with E-state index in [4.69, 9.17) is 0 Å². The zero-order valence-electron chi connectivity index (χ0n) is 9.63. The first-order valence-electron chi connectivity index (χ1n) is 6.02. The minimum absolute atomic E-state index is 0.0914. The first-order valence-corrected chi connectivity index (χ1v) is 6.02. The standard InChI is InChI=1S/C14H16N2O/c17-13-7-2-1-5-11(13)14-12-6-3-9-16(12)10-4-8-15-14/h1-3,5-7,9,14-15,17H,4,8,10H2. The van der Waals surface area contributed by atoms with E-state index in [0.29, 0.717) is 5.75 Å². The van der Waals surface area contributed by atoms with Crippen LogP contribution in [0.3, 0.4) is 0 Å². The third-order valence-corrected chi connectivity index (χ3v) is 3.33. The summed E-state index contributed by atoms with van der Waals surface area (Å²) in [5.74, 6) is 0.361. The number of phenolic OH excluding ortho intramolecular Hbond substituents is 1. The van der Waals surface area contributed by atoms with Crippen molar-refractivity contribution in [3.63, 3.8) is 0 Å². The highest BCUT2D eigenvalue weighted by Gasteiger charge is 2.21. The van der Waals surface area contributed by atoms with Gasteiger partial charge < -0.3 is 15.0 Å². The Bertz CT molecular complexity index is 518. The second kappa shape index (κ2) is 4.26. The molecule has 2 heterocycles. The maximum Gasteiger partial charge on any atom is 0.120 e. The molecular formula is C14H16N2O. The predicted octanol–water partition coefficient (Wildman–Crippen LogP) is 2.28. The predicted molar refractivity (Wildman–Crippen MR) is 67.0 cm³/mol. The smallest absolute Gasteiger partial charge is 0.120 e. The number of aromatic hydroxyl groups is 1. The zero-order chi connectivity index (χ0) is 11.7. The van der Waals surface area contributed by atoms with E-state index >= 15 is 0 Å². The molecular weight excluding hydrogens is 212 g/mol. The van der Waals surface area contributed by atoms with Gasteiger partial charge in [-0.25, -0.2) is 0 Å². The molecule has 1 aromatic heterocycles. The van der Waals surface area contributed by atoms with Gasteiger partial charge in [-0.05, 0) is 31.2 Å². The molecule has 0 bridgehead atoms. The summed E-state index contributed by atoms with van der Waals surface area (Å²) < 4.78 is 2.26. The number of para-hydroxylation sites is 1. The summed E-state index contributed by atoms with van der Waals surface area (Å²) in [6.07, 6.45) is 3.22. The first-order chi connectivity index (χ1) is 8.36. The van der Waals surface area contributed by atoms with Crippen molar-refractivity contribution in [2.24, 2.45) is 0 Å². The SMILES string of the molecule is Oc1ccccc1C1NCCCn2cccc21. The lowest BCUT2D eigenvalue weighted by Crippen LogP contribution is -2.22. The number of phenols is 1. The number of fused-ring (bicyclic) bond motifs is 1. The minimum atomic E-state index is 0.0914. The topological polar surface area (TPSA) is 37.2 Å². The van der Waals surface area contributed by atoms with Gasteiger partial charge in [0.05, 0.1) is 6.04 Å². The van der Waals surface area contributed by atoms with Crippen LogP contribution in [0.15, 0.2) is 42.6 Å². The maximum atomic E-state index is 9.97. The van der Waals surface area contributed by atoms with Crippen LogP contribution in [-0.4, -0.2) is 16.2 Å². The number of hydrogen-bond donors (Lipinski definition) is 2. The molecule has 2 N–H and O–H groups in total. The van der Waals surface area contributed by atoms with E-state index < -0.39 is 0 Å². The fourth-order valence-corrected chi connectivity index (χ4v) is 2.49. The van der Waals surface area contributed by atoms with Gasteiger partial charge in [-0.3, -0.25) is 0 Å². The van der Waals surface area contributed by atoms with Crippen LogP contribution in [0.25, 0.3) is 0 Å². The van der Waals surface area contributed by atoms with Gasteiger partial charge in [0, 0.05) is 24.0 Å². The number of nitrogens with one attached hydrogen (secondary N) is 1. The Labute approximate surface area is 101 Å². The van der Waals surface area contributed by atoms with Crippen molar-refractivity contribution < 1.29 is 5.11 Å². The van der Waals surface area contributed by atoms with Gasteiger partial charge in [0.25, 0.3) is 0 Å². The van der Waals surface area contributed by atoms with Crippen molar-refractivity contribution in [3.8, 4) is 5.75 Å². The van der Waals surface area contributed by atoms with Crippen molar-refractivity contribution in [2.75, 3.05) is 6.54 Å². The van der Waals surface area contributed by atoms with Crippen LogP contribution in [0.2, 0.25) is 0 Å². The molecule has 1 aromatic carbocycles. The van der Waals surface area contributed by atoms with Crippen molar-refractivity contribution in [3.05, 3.63) is 53.9 Å². The third-order valence-electron chi connectivity index (χ3n) is 3.33. The van der Waals surface area contributed by atoms with Crippen LogP contribution in [-0.2, 0) is 6.54 Å². The average Bonchev–Trinajstić information content (AvgIpc) is 2.71. The van der Waals surface area contributed by atoms with E-state index in [1.54, 1.807) is 6.07 Å². The van der Waals surface area contributed by atoms with Crippen molar-refractivity contribution in [2.45, 2.75) is 19.0 Å². The lowest BCUT2D eigenvalue weighted by Gasteiger charge is -2.18. The van der Waals surface area contributed by atoms with Gasteiger partial charge in [-0.1, -0.05) is 18.2 Å². The van der Waals surface area contributed by atoms with E-state index in [-0.39, 0.29) is 6.04 Å². The quantitative estimate of drug-likeness (QED) is 0.785. The summed E-state index contributed by atoms with van der Waals surface area (Å²) in [4.78, 5) is 0. The molecule has 2 aromatic rings. The number of hydrogen-bond acceptors (Lipinski definition) is 2. The average molecular weight is 228 g/mol. The first kappa shape index (κ1) is 10.4. The molecule has 0 aliphatic carbocycles. The largest absolute Gasteiger partial charge is 0.508 e. The molecule has 0 saturated carbocycles. The third kappa shape index (κ3) is 1.83. The monoisotopic (exact) mass is 228 g/mol. The Morgan fingerprint density at radius 3 is 2.94 bits per heavy atom. The Balaban J connectivity index is 2.07. The number of benzene rings is 1. The van der Waals surface area contributed by atoms with Gasteiger partial charge in [0.15, 0.2) is 0 Å². The van der Waals surface area contributed by atoms with Crippen LogP contribution in [0.4, 0.5) is 0 Å². The normalized spacial score (nSPS) is 19.6. The lowest BCUT2D eigenvalue weighted by atomic mass is 10.0. The summed E-state index contributed by atoms with van der Waals surface area (Å²) in [5.41, 5.74) is 2.18. The molecule has 0 amide bonds. The molecule has 17 heavy (non-hydrogen) atoms. The number of nitrogens with zero attached hydrogens (tertiary/aromatic N) is 1. The number of rotatable bonds is 1. The van der Waals surface area contributed by atoms with Crippen molar-refractivity contribution in [1.29, 1.82) is 0 Å². The molecule has 3 nitrogen and oxygen atoms in total. The molecule has 0 radical (unpaired) electrons. The second-order valence-electron chi connectivity index (χ2n) is 4.43. The molecule has 1 unspecified atom stereocenters. The Kier molecular flexibility index (Phi) is 2.61. The molecule has 0 saturated heterocycles. The Hall–Kier alpha value is -1.74. The van der Waals surface area contributed by atoms with E-state index in [2.05, 4.69) is 28.2 Å². The van der Waals surface area contributed by atoms with Crippen molar-refractivity contribution >= 4 is 0 Å².